The summed E-state index contributed by atoms with van der Waals surface area (Å²) in [5.74, 6) is -3.36. The van der Waals surface area contributed by atoms with Crippen LogP contribution in [-0.4, -0.2) is 99.3 Å². The maximum absolute atomic E-state index is 14.0. The Kier molecular flexibility index (Phi) is 13.0. The molecule has 5 N–H and O–H groups in total. The first-order valence-corrected chi connectivity index (χ1v) is 23.1. The van der Waals surface area contributed by atoms with Crippen molar-refractivity contribution in [2.24, 2.45) is 34.5 Å². The fourth-order valence-corrected chi connectivity index (χ4v) is 12.1. The Morgan fingerprint density at radius 2 is 1.67 bits per heavy atom. The number of benzene rings is 2. The Labute approximate surface area is 384 Å². The van der Waals surface area contributed by atoms with E-state index in [2.05, 4.69) is 22.9 Å². The highest BCUT2D eigenvalue weighted by Crippen LogP contribution is 2.70. The van der Waals surface area contributed by atoms with Gasteiger partial charge < -0.3 is 35.6 Å². The summed E-state index contributed by atoms with van der Waals surface area (Å²) in [7, 11) is 0. The number of fused-ring (bicyclic) bond motifs is 7. The highest BCUT2D eigenvalue weighted by atomic mass is 16.7. The van der Waals surface area contributed by atoms with Gasteiger partial charge in [-0.2, -0.15) is 0 Å². The first-order chi connectivity index (χ1) is 31.4. The Hall–Kier alpha value is -5.61. The van der Waals surface area contributed by atoms with Crippen LogP contribution in [0.5, 0.6) is 0 Å². The van der Waals surface area contributed by atoms with Crippen LogP contribution in [0.4, 0.5) is 5.69 Å². The fraction of sp³-hybridized carbons (Fsp3) is 0.510. The number of aliphatic hydroxyl groups excluding tert-OH is 2. The number of ketones is 2. The van der Waals surface area contributed by atoms with E-state index >= 15 is 0 Å². The van der Waals surface area contributed by atoms with E-state index in [1.807, 2.05) is 55.5 Å². The Balaban J connectivity index is 0.887. The van der Waals surface area contributed by atoms with Crippen molar-refractivity contribution in [3.8, 4) is 0 Å². The minimum Gasteiger partial charge on any atom is -0.393 e. The lowest BCUT2D eigenvalue weighted by Gasteiger charge is -2.59. The smallest absolute Gasteiger partial charge is 0.253 e. The number of amides is 5. The van der Waals surface area contributed by atoms with Crippen LogP contribution in [0, 0.1) is 34.5 Å². The molecule has 350 valence electrons. The number of allylic oxidation sites excluding steroid dienone is 4. The van der Waals surface area contributed by atoms with Gasteiger partial charge in [0.15, 0.2) is 23.5 Å². The maximum atomic E-state index is 14.0. The first-order valence-electron chi connectivity index (χ1n) is 23.1. The van der Waals surface area contributed by atoms with Crippen molar-refractivity contribution in [2.75, 3.05) is 18.5 Å². The van der Waals surface area contributed by atoms with Crippen LogP contribution >= 0.6 is 0 Å². The molecule has 66 heavy (non-hydrogen) atoms. The van der Waals surface area contributed by atoms with E-state index in [1.54, 1.807) is 39.0 Å². The summed E-state index contributed by atoms with van der Waals surface area (Å²) in [6, 6.07) is 13.2. The second kappa shape index (κ2) is 18.2. The Morgan fingerprint density at radius 3 is 2.35 bits per heavy atom. The van der Waals surface area contributed by atoms with E-state index in [0.717, 1.165) is 46.6 Å². The van der Waals surface area contributed by atoms with Gasteiger partial charge in [0.1, 0.15) is 18.7 Å². The van der Waals surface area contributed by atoms with E-state index in [4.69, 9.17) is 9.47 Å². The van der Waals surface area contributed by atoms with Crippen LogP contribution in [0.15, 0.2) is 84.5 Å². The molecule has 1 unspecified atom stereocenters. The zero-order valence-corrected chi connectivity index (χ0v) is 38.1. The average Bonchev–Trinajstić information content (AvgIpc) is 3.91. The van der Waals surface area contributed by atoms with Gasteiger partial charge in [0, 0.05) is 53.1 Å². The predicted octanol–water partition coefficient (Wildman–Crippen LogP) is 4.17. The molecule has 2 aliphatic heterocycles. The van der Waals surface area contributed by atoms with Crippen molar-refractivity contribution in [1.29, 1.82) is 0 Å². The summed E-state index contributed by atoms with van der Waals surface area (Å²) < 4.78 is 13.4. The Morgan fingerprint density at radius 1 is 0.939 bits per heavy atom. The van der Waals surface area contributed by atoms with Gasteiger partial charge in [0.25, 0.3) is 11.8 Å². The van der Waals surface area contributed by atoms with E-state index < -0.39 is 88.9 Å². The number of ether oxygens (including phenoxy) is 2. The number of aliphatic hydroxyl groups is 2. The van der Waals surface area contributed by atoms with Gasteiger partial charge in [-0.15, -0.1) is 0 Å². The largest absolute Gasteiger partial charge is 0.393 e. The monoisotopic (exact) mass is 904 g/mol. The van der Waals surface area contributed by atoms with Gasteiger partial charge >= 0.3 is 0 Å². The third-order valence-electron chi connectivity index (χ3n) is 15.4. The lowest BCUT2D eigenvalue weighted by Crippen LogP contribution is -2.63. The number of imide groups is 1. The van der Waals surface area contributed by atoms with Gasteiger partial charge in [0.05, 0.1) is 12.2 Å². The molecule has 0 aromatic heterocycles. The van der Waals surface area contributed by atoms with Gasteiger partial charge in [-0.05, 0) is 91.7 Å². The number of anilines is 1. The molecule has 2 aromatic rings. The highest BCUT2D eigenvalue weighted by Gasteiger charge is 2.76. The number of carbonyl (C=O) groups is 7. The molecule has 2 aromatic carbocycles. The van der Waals surface area contributed by atoms with Gasteiger partial charge in [-0.1, -0.05) is 82.7 Å². The molecule has 3 saturated carbocycles. The van der Waals surface area contributed by atoms with Crippen molar-refractivity contribution < 1.29 is 53.2 Å². The molecule has 1 saturated heterocycles. The van der Waals surface area contributed by atoms with Gasteiger partial charge in [-0.3, -0.25) is 38.5 Å². The minimum atomic E-state index is -1.45. The van der Waals surface area contributed by atoms with Crippen LogP contribution in [0.3, 0.4) is 0 Å². The van der Waals surface area contributed by atoms with Crippen LogP contribution < -0.4 is 16.0 Å². The topological polar surface area (TPSA) is 218 Å². The third-order valence-corrected chi connectivity index (χ3v) is 15.4. The van der Waals surface area contributed by atoms with Crippen molar-refractivity contribution in [2.45, 2.75) is 116 Å². The Bertz CT molecular complexity index is 2390. The molecule has 0 radical (unpaired) electrons. The van der Waals surface area contributed by atoms with Crippen molar-refractivity contribution >= 4 is 46.8 Å². The zero-order chi connectivity index (χ0) is 47.3. The van der Waals surface area contributed by atoms with E-state index in [9.17, 15) is 43.8 Å². The summed E-state index contributed by atoms with van der Waals surface area (Å²) in [5, 5.41) is 30.7. The van der Waals surface area contributed by atoms with E-state index in [1.165, 1.54) is 0 Å². The summed E-state index contributed by atoms with van der Waals surface area (Å²) >= 11 is 0. The quantitative estimate of drug-likeness (QED) is 0.160. The standard InChI is InChI=1S/C51H60N4O11/c1-6-37(53-47(64)45(28(2)3)54-41(60)19-21-55-42(61)16-17-43(55)62)46(63)52-33-9-7-8-30(23-33)22-29-10-12-31(13-11-29)48-65-40-25-36-35-15-14-32-24-34(57)18-20-49(32,4)44(35)38(58)26-50(36,5)51(40,66-48)39(59)27-56/h7-13,16-18,20,23-24,28,35-38,40,44-45,48,56,58H,6,14-15,19,21-22,25-27H2,1-5H3,(H,52,63)(H,53,64)(H,54,60)/t35-,36-,37-,38-,40+,44+,45?,48+,49-,50-,51+/m0/s1. The number of rotatable bonds is 15. The lowest BCUT2D eigenvalue weighted by molar-refractivity contribution is -0.201. The van der Waals surface area contributed by atoms with Crippen molar-refractivity contribution in [3.63, 3.8) is 0 Å². The number of carbonyl (C=O) groups excluding carboxylic acids is 7. The number of nitrogens with zero attached hydrogens (tertiary/aromatic N) is 1. The third kappa shape index (κ3) is 8.28. The second-order valence-electron chi connectivity index (χ2n) is 19.6. The predicted molar refractivity (Wildman–Crippen MR) is 241 cm³/mol. The molecule has 15 nitrogen and oxygen atoms in total. The lowest BCUT2D eigenvalue weighted by atomic mass is 9.46. The molecular weight excluding hydrogens is 845 g/mol. The molecule has 5 amide bonds. The van der Waals surface area contributed by atoms with Gasteiger partial charge in [-0.25, -0.2) is 0 Å². The number of hydrogen-bond donors (Lipinski definition) is 5. The minimum absolute atomic E-state index is 0.0123. The molecule has 0 bridgehead atoms. The molecule has 4 fully saturated rings. The van der Waals surface area contributed by atoms with Crippen LogP contribution in [-0.2, 0) is 49.5 Å². The molecule has 15 heteroatoms. The maximum Gasteiger partial charge on any atom is 0.253 e. The molecule has 6 aliphatic rings. The molecule has 11 atom stereocenters. The number of nitrogens with one attached hydrogen (secondary N) is 3. The fourth-order valence-electron chi connectivity index (χ4n) is 12.1. The normalized spacial score (nSPS) is 31.7. The summed E-state index contributed by atoms with van der Waals surface area (Å²) in [5.41, 5.74) is 1.43. The van der Waals surface area contributed by atoms with E-state index in [0.29, 0.717) is 30.5 Å². The van der Waals surface area contributed by atoms with Gasteiger partial charge in [0.2, 0.25) is 17.7 Å². The summed E-state index contributed by atoms with van der Waals surface area (Å²) in [4.78, 5) is 90.5. The van der Waals surface area contributed by atoms with Crippen LogP contribution in [0.25, 0.3) is 0 Å². The number of Topliss-reactive ketones (excluding diaryl/α,β-unsaturated/α-hetero) is 1. The summed E-state index contributed by atoms with van der Waals surface area (Å²) in [6.07, 6.45) is 8.26. The molecule has 4 aliphatic carbocycles. The van der Waals surface area contributed by atoms with E-state index in [-0.39, 0.29) is 48.8 Å². The SMILES string of the molecule is CC[C@H](NC(=O)C(NC(=O)CCN1C(=O)C=CC1=O)C(C)C)C(=O)Nc1cccc(Cc2ccc([C@@H]3O[C@@H]4C[C@H]5[C@@H]6CCC7=CC(=O)C=C[C@]7(C)[C@H]6[C@@H](O)C[C@]5(C)[C@]4(C(=O)CO)O3)cc2)c1. The van der Waals surface area contributed by atoms with Crippen LogP contribution in [0.2, 0.25) is 0 Å². The van der Waals surface area contributed by atoms with Crippen molar-refractivity contribution in [3.05, 3.63) is 101 Å². The molecule has 8 rings (SSSR count). The number of hydrogen-bond acceptors (Lipinski definition) is 11. The molecule has 0 spiro atoms. The average molecular weight is 905 g/mol. The van der Waals surface area contributed by atoms with Crippen LogP contribution in [0.1, 0.15) is 96.1 Å². The molecule has 2 heterocycles. The molecular formula is C51H60N4O11. The zero-order valence-electron chi connectivity index (χ0n) is 38.1. The summed E-state index contributed by atoms with van der Waals surface area (Å²) in [6.45, 7) is 8.57. The second-order valence-corrected chi connectivity index (χ2v) is 19.6. The highest BCUT2D eigenvalue weighted by molar-refractivity contribution is 6.13. The first kappa shape index (κ1) is 46.9. The van der Waals surface area contributed by atoms with Crippen molar-refractivity contribution in [1.82, 2.24) is 15.5 Å².